The number of aromatic nitrogens is 6. The van der Waals surface area contributed by atoms with Crippen molar-refractivity contribution < 1.29 is 46.1 Å². The van der Waals surface area contributed by atoms with Crippen molar-refractivity contribution in [3.63, 3.8) is 0 Å². The molecule has 48 heavy (non-hydrogen) atoms. The van der Waals surface area contributed by atoms with E-state index in [2.05, 4.69) is 48.1 Å². The van der Waals surface area contributed by atoms with Gasteiger partial charge < -0.3 is 19.7 Å². The van der Waals surface area contributed by atoms with Gasteiger partial charge in [-0.3, -0.25) is 0 Å². The van der Waals surface area contributed by atoms with Crippen LogP contribution in [0, 0.1) is 29.3 Å². The van der Waals surface area contributed by atoms with Gasteiger partial charge in [-0.1, -0.05) is 26.7 Å². The smallest absolute Gasteiger partial charge is 0.360 e. The molecule has 2 aromatic carbocycles. The third-order valence-electron chi connectivity index (χ3n) is 6.64. The first-order valence-corrected chi connectivity index (χ1v) is 16.6. The molecule has 0 atom stereocenters. The van der Waals surface area contributed by atoms with Crippen molar-refractivity contribution in [2.75, 3.05) is 0 Å². The second kappa shape index (κ2) is 12.8. The lowest BCUT2D eigenvalue weighted by molar-refractivity contribution is 0.0669. The molecule has 3 N–H and O–H groups in total. The minimum Gasteiger partial charge on any atom is -0.476 e. The molecule has 0 aliphatic heterocycles. The number of aromatic amines is 1. The van der Waals surface area contributed by atoms with Gasteiger partial charge >= 0.3 is 11.9 Å². The molecule has 0 saturated heterocycles. The largest absolute Gasteiger partial charge is 0.476 e. The van der Waals surface area contributed by atoms with Crippen molar-refractivity contribution in [1.29, 1.82) is 0 Å². The zero-order valence-corrected chi connectivity index (χ0v) is 27.9. The van der Waals surface area contributed by atoms with Gasteiger partial charge in [-0.2, -0.15) is 0 Å². The summed E-state index contributed by atoms with van der Waals surface area (Å²) >= 11 is 0. The fourth-order valence-electron chi connectivity index (χ4n) is 3.66. The monoisotopic (exact) mass is 696 g/mol. The molecule has 0 aliphatic carbocycles. The van der Waals surface area contributed by atoms with Crippen LogP contribution < -0.4 is 9.47 Å². The number of carbonyl (C=O) groups is 2. The third-order valence-corrected chi connectivity index (χ3v) is 10.5. The van der Waals surface area contributed by atoms with Crippen LogP contribution in [-0.2, 0) is 24.5 Å². The Morgan fingerprint density at radius 3 is 2.08 bits per heavy atom. The first kappa shape index (κ1) is 35.1. The molecule has 0 spiro atoms. The minimum absolute atomic E-state index is 0.0893. The molecule has 2 heterocycles. The fourth-order valence-corrected chi connectivity index (χ4v) is 5.08. The molecule has 16 nitrogen and oxygen atoms in total. The quantitative estimate of drug-likeness (QED) is 0.224. The van der Waals surface area contributed by atoms with Gasteiger partial charge in [0.1, 0.15) is 11.5 Å². The number of aromatic carboxylic acids is 2. The van der Waals surface area contributed by atoms with E-state index >= 15 is 0 Å². The Balaban J connectivity index is 1.61. The highest BCUT2D eigenvalue weighted by molar-refractivity contribution is 7.97. The number of carboxylic acids is 2. The molecule has 2 aromatic heterocycles. The molecular formula is C30H28N6O10S2. The number of benzene rings is 2. The molecule has 0 fully saturated rings. The van der Waals surface area contributed by atoms with Gasteiger partial charge in [-0.05, 0) is 95.3 Å². The zero-order chi connectivity index (χ0) is 35.7. The Kier molecular flexibility index (Phi) is 9.39. The Bertz CT molecular complexity index is 2280. The number of nitrogens with one attached hydrogen (secondary N) is 1. The van der Waals surface area contributed by atoms with Crippen LogP contribution in [0.5, 0.6) is 23.3 Å². The van der Waals surface area contributed by atoms with Crippen LogP contribution in [0.3, 0.4) is 0 Å². The van der Waals surface area contributed by atoms with E-state index < -0.39 is 58.5 Å². The summed E-state index contributed by atoms with van der Waals surface area (Å²) in [5.41, 5.74) is -0.101. The van der Waals surface area contributed by atoms with Crippen molar-refractivity contribution in [3.05, 3.63) is 70.5 Å². The van der Waals surface area contributed by atoms with E-state index in [1.54, 1.807) is 6.92 Å². The predicted octanol–water partition coefficient (Wildman–Crippen LogP) is 3.32. The number of hydrogen-bond donors (Lipinski definition) is 3. The molecule has 0 saturated carbocycles. The van der Waals surface area contributed by atoms with Gasteiger partial charge in [0.25, 0.3) is 11.8 Å². The second-order valence-electron chi connectivity index (χ2n) is 11.5. The zero-order valence-electron chi connectivity index (χ0n) is 26.3. The van der Waals surface area contributed by atoms with Crippen molar-refractivity contribution >= 4 is 31.6 Å². The highest BCUT2D eigenvalue weighted by atomic mass is 32.2. The molecule has 0 unspecified atom stereocenters. The Hall–Kier alpha value is -5.72. The molecule has 0 aliphatic rings. The first-order valence-electron chi connectivity index (χ1n) is 13.7. The fraction of sp³-hybridized carbons (Fsp3) is 0.267. The van der Waals surface area contributed by atoms with Crippen molar-refractivity contribution in [3.8, 4) is 45.6 Å². The lowest BCUT2D eigenvalue weighted by atomic mass is 10.1. The van der Waals surface area contributed by atoms with E-state index in [0.29, 0.717) is 15.8 Å². The molecule has 4 rings (SSSR count). The summed E-state index contributed by atoms with van der Waals surface area (Å²) < 4.78 is 62.3. The number of hydrogen-bond acceptors (Lipinski definition) is 12. The van der Waals surface area contributed by atoms with E-state index in [1.807, 2.05) is 0 Å². The molecule has 0 radical (unpaired) electrons. The maximum Gasteiger partial charge on any atom is 0.360 e. The van der Waals surface area contributed by atoms with Gasteiger partial charge in [0.2, 0.25) is 31.1 Å². The number of sulfone groups is 2. The number of H-pyrrole nitrogens is 1. The summed E-state index contributed by atoms with van der Waals surface area (Å²) in [5, 5.41) is 40.3. The Morgan fingerprint density at radius 1 is 0.833 bits per heavy atom. The molecule has 250 valence electrons. The summed E-state index contributed by atoms with van der Waals surface area (Å²) in [6, 6.07) is 10.2. The standard InChI is InChI=1S/C30H28N6O10S2/c1-18-16-20(12-14-47(41,42)29(2,3)4)10-11-22(18)46-26-24(28(39)40)36(35-33-26)30(5,6)48(43,44)15-13-19-8-7-9-21(17-19)45-25-23(27(37)38)31-34-32-25/h7-11,16-17H,1-6H3,(H,37,38)(H,39,40)(H,31,32,34). The normalized spacial score (nSPS) is 11.9. The molecular weight excluding hydrogens is 668 g/mol. The number of carboxylic acid groups (broad SMARTS) is 2. The van der Waals surface area contributed by atoms with Crippen LogP contribution in [0.2, 0.25) is 0 Å². The summed E-state index contributed by atoms with van der Waals surface area (Å²) in [6.45, 7) is 8.58. The number of ether oxygens (including phenoxy) is 2. The molecule has 0 amide bonds. The number of nitrogens with zero attached hydrogens (tertiary/aromatic N) is 5. The molecule has 4 aromatic rings. The first-order chi connectivity index (χ1) is 22.2. The number of aryl methyl sites for hydroxylation is 1. The maximum atomic E-state index is 13.4. The van der Waals surface area contributed by atoms with Crippen molar-refractivity contribution in [1.82, 2.24) is 30.4 Å². The molecule has 18 heteroatoms. The van der Waals surface area contributed by atoms with E-state index in [0.717, 1.165) is 0 Å². The Labute approximate surface area is 274 Å². The highest BCUT2D eigenvalue weighted by Gasteiger charge is 2.41. The summed E-state index contributed by atoms with van der Waals surface area (Å²) in [4.78, 5) is 21.5. The average Bonchev–Trinajstić information content (AvgIpc) is 3.64. The lowest BCUT2D eigenvalue weighted by Crippen LogP contribution is -2.38. The van der Waals surface area contributed by atoms with E-state index in [9.17, 15) is 36.6 Å². The van der Waals surface area contributed by atoms with Gasteiger partial charge in [0, 0.05) is 21.6 Å². The lowest BCUT2D eigenvalue weighted by Gasteiger charge is -2.22. The predicted molar refractivity (Wildman–Crippen MR) is 169 cm³/mol. The van der Waals surface area contributed by atoms with E-state index in [1.165, 1.54) is 77.1 Å². The summed E-state index contributed by atoms with van der Waals surface area (Å²) in [5.74, 6) is 1.55. The number of rotatable bonds is 8. The van der Waals surface area contributed by atoms with Gasteiger partial charge in [0.15, 0.2) is 4.87 Å². The Morgan fingerprint density at radius 2 is 1.48 bits per heavy atom. The summed E-state index contributed by atoms with van der Waals surface area (Å²) in [7, 11) is -8.19. The van der Waals surface area contributed by atoms with Crippen molar-refractivity contribution in [2.45, 2.75) is 51.2 Å². The maximum absolute atomic E-state index is 13.4. The average molecular weight is 697 g/mol. The van der Waals surface area contributed by atoms with Gasteiger partial charge in [0.05, 0.1) is 4.75 Å². The van der Waals surface area contributed by atoms with E-state index in [4.69, 9.17) is 9.47 Å². The SMILES string of the molecule is Cc1cc(C#CS(=O)(=O)C(C)(C)C)ccc1Oc1nnn(C(C)(C)S(=O)(=O)C#Cc2cccc(Oc3nn[nH]c3C(=O)O)c2)c1C(=O)O. The minimum atomic E-state index is -4.48. The third kappa shape index (κ3) is 7.30. The van der Waals surface area contributed by atoms with Crippen LogP contribution >= 0.6 is 0 Å². The summed E-state index contributed by atoms with van der Waals surface area (Å²) in [6.07, 6.45) is 0. The molecule has 0 bridgehead atoms. The van der Waals surface area contributed by atoms with Crippen LogP contribution in [0.15, 0.2) is 42.5 Å². The van der Waals surface area contributed by atoms with Crippen LogP contribution in [0.4, 0.5) is 0 Å². The van der Waals surface area contributed by atoms with E-state index in [-0.39, 0.29) is 22.9 Å². The topological polar surface area (TPSA) is 234 Å². The second-order valence-corrected chi connectivity index (χ2v) is 16.1. The van der Waals surface area contributed by atoms with Crippen LogP contribution in [0.1, 0.15) is 72.3 Å². The van der Waals surface area contributed by atoms with Gasteiger partial charge in [-0.15, -0.1) is 0 Å². The van der Waals surface area contributed by atoms with Crippen LogP contribution in [-0.4, -0.2) is 74.1 Å². The highest BCUT2D eigenvalue weighted by Crippen LogP contribution is 2.32. The van der Waals surface area contributed by atoms with Crippen LogP contribution in [0.25, 0.3) is 0 Å². The van der Waals surface area contributed by atoms with Crippen molar-refractivity contribution in [2.24, 2.45) is 0 Å². The van der Waals surface area contributed by atoms with Gasteiger partial charge in [-0.25, -0.2) is 36.2 Å².